The first-order valence-corrected chi connectivity index (χ1v) is 14.2. The van der Waals surface area contributed by atoms with Gasteiger partial charge in [-0.1, -0.05) is 115 Å². The van der Waals surface area contributed by atoms with Crippen molar-refractivity contribution in [2.75, 3.05) is 0 Å². The summed E-state index contributed by atoms with van der Waals surface area (Å²) in [6.07, 6.45) is 25.8. The van der Waals surface area contributed by atoms with Gasteiger partial charge in [0, 0.05) is 14.7 Å². The molecule has 168 valence electrons. The molecule has 0 bridgehead atoms. The van der Waals surface area contributed by atoms with Crippen LogP contribution in [0.4, 0.5) is 0 Å². The number of hydrogen-bond donors (Lipinski definition) is 1. The second kappa shape index (κ2) is 13.8. The molecule has 1 aromatic carbocycles. The lowest BCUT2D eigenvalue weighted by Crippen LogP contribution is -2.13. The molecule has 0 aliphatic heterocycles. The molecule has 0 radical (unpaired) electrons. The predicted octanol–water partition coefficient (Wildman–Crippen LogP) is 9.75. The van der Waals surface area contributed by atoms with E-state index in [1.54, 1.807) is 5.56 Å². The van der Waals surface area contributed by atoms with Crippen LogP contribution in [0.3, 0.4) is 0 Å². The number of rotatable bonds is 15. The average Bonchev–Trinajstić information content (AvgIpc) is 3.13. The van der Waals surface area contributed by atoms with E-state index in [0.717, 1.165) is 5.92 Å². The molecule has 1 heterocycles. The Labute approximate surface area is 199 Å². The van der Waals surface area contributed by atoms with Crippen LogP contribution >= 0.6 is 22.6 Å². The molecule has 1 atom stereocenters. The highest BCUT2D eigenvalue weighted by Gasteiger charge is 2.22. The number of aromatic nitrogens is 1. The van der Waals surface area contributed by atoms with E-state index in [4.69, 9.17) is 0 Å². The molecule has 0 spiro atoms. The summed E-state index contributed by atoms with van der Waals surface area (Å²) in [4.78, 5) is 3.72. The summed E-state index contributed by atoms with van der Waals surface area (Å²) >= 11 is 2.47. The fourth-order valence-electron chi connectivity index (χ4n) is 5.35. The molecule has 1 nitrogen and oxygen atoms in total. The first-order chi connectivity index (χ1) is 14.8. The van der Waals surface area contributed by atoms with Crippen molar-refractivity contribution in [2.45, 2.75) is 122 Å². The number of unbranched alkanes of at least 4 members (excludes halogenated alkanes) is 13. The summed E-state index contributed by atoms with van der Waals surface area (Å²) in [5.41, 5.74) is 4.52. The van der Waals surface area contributed by atoms with E-state index in [0.29, 0.717) is 0 Å². The van der Waals surface area contributed by atoms with Gasteiger partial charge >= 0.3 is 0 Å². The van der Waals surface area contributed by atoms with E-state index >= 15 is 0 Å². The van der Waals surface area contributed by atoms with Crippen molar-refractivity contribution in [1.82, 2.24) is 4.98 Å². The third kappa shape index (κ3) is 7.57. The fourth-order valence-corrected chi connectivity index (χ4v) is 5.98. The van der Waals surface area contributed by atoms with Gasteiger partial charge in [-0.25, -0.2) is 0 Å². The van der Waals surface area contributed by atoms with Gasteiger partial charge in [-0.3, -0.25) is 0 Å². The number of hydrogen-bond acceptors (Lipinski definition) is 0. The van der Waals surface area contributed by atoms with Crippen LogP contribution in [0.5, 0.6) is 0 Å². The Morgan fingerprint density at radius 1 is 0.833 bits per heavy atom. The van der Waals surface area contributed by atoms with Crippen molar-refractivity contribution in [2.24, 2.45) is 5.92 Å². The van der Waals surface area contributed by atoms with E-state index in [1.807, 2.05) is 0 Å². The summed E-state index contributed by atoms with van der Waals surface area (Å²) in [6.45, 7) is 2.30. The van der Waals surface area contributed by atoms with Crippen LogP contribution in [0, 0.1) is 9.49 Å². The van der Waals surface area contributed by atoms with E-state index in [1.165, 1.54) is 136 Å². The minimum Gasteiger partial charge on any atom is -0.357 e. The van der Waals surface area contributed by atoms with Gasteiger partial charge in [-0.05, 0) is 59.4 Å². The minimum atomic E-state index is 0.909. The van der Waals surface area contributed by atoms with Gasteiger partial charge in [0.15, 0.2) is 0 Å². The normalized spacial score (nSPS) is 16.3. The van der Waals surface area contributed by atoms with Gasteiger partial charge in [0.25, 0.3) is 0 Å². The Morgan fingerprint density at radius 3 is 2.07 bits per heavy atom. The number of halogens is 1. The zero-order valence-corrected chi connectivity index (χ0v) is 21.6. The molecule has 1 aromatic heterocycles. The smallest absolute Gasteiger partial charge is 0.0594 e. The first kappa shape index (κ1) is 24.1. The van der Waals surface area contributed by atoms with Crippen molar-refractivity contribution in [3.05, 3.63) is 33.0 Å². The summed E-state index contributed by atoms with van der Waals surface area (Å²) in [5.74, 6) is 0.909. The van der Waals surface area contributed by atoms with Gasteiger partial charge in [-0.2, -0.15) is 0 Å². The number of para-hydroxylation sites is 1. The monoisotopic (exact) mass is 521 g/mol. The number of aryl methyl sites for hydroxylation is 1. The number of nitrogens with one attached hydrogen (secondary N) is 1. The summed E-state index contributed by atoms with van der Waals surface area (Å²) < 4.78 is 1.36. The highest BCUT2D eigenvalue weighted by molar-refractivity contribution is 14.1. The van der Waals surface area contributed by atoms with Gasteiger partial charge in [0.1, 0.15) is 0 Å². The molecule has 30 heavy (non-hydrogen) atoms. The first-order valence-electron chi connectivity index (χ1n) is 13.1. The lowest BCUT2D eigenvalue weighted by atomic mass is 9.83. The van der Waals surface area contributed by atoms with Crippen molar-refractivity contribution < 1.29 is 0 Å². The molecule has 2 aromatic rings. The molecule has 0 saturated heterocycles. The maximum absolute atomic E-state index is 3.72. The van der Waals surface area contributed by atoms with E-state index in [-0.39, 0.29) is 0 Å². The molecular formula is C28H44IN. The Bertz CT molecular complexity index is 732. The molecule has 1 unspecified atom stereocenters. The summed E-state index contributed by atoms with van der Waals surface area (Å²) in [7, 11) is 0. The van der Waals surface area contributed by atoms with Crippen LogP contribution in [-0.4, -0.2) is 4.98 Å². The third-order valence-electron chi connectivity index (χ3n) is 7.24. The van der Waals surface area contributed by atoms with Crippen LogP contribution in [0.25, 0.3) is 10.9 Å². The summed E-state index contributed by atoms with van der Waals surface area (Å²) in [5, 5.41) is 1.49. The number of H-pyrrole nitrogens is 1. The fraction of sp³-hybridized carbons (Fsp3) is 0.714. The highest BCUT2D eigenvalue weighted by Crippen LogP contribution is 2.35. The van der Waals surface area contributed by atoms with Crippen LogP contribution in [0.2, 0.25) is 0 Å². The maximum atomic E-state index is 3.72. The van der Waals surface area contributed by atoms with Crippen LogP contribution in [0.1, 0.15) is 121 Å². The van der Waals surface area contributed by atoms with Gasteiger partial charge < -0.3 is 4.98 Å². The molecule has 3 rings (SSSR count). The van der Waals surface area contributed by atoms with E-state index in [2.05, 4.69) is 52.7 Å². The van der Waals surface area contributed by atoms with Crippen molar-refractivity contribution in [3.63, 3.8) is 0 Å². The minimum absolute atomic E-state index is 0.909. The maximum Gasteiger partial charge on any atom is 0.0594 e. The zero-order valence-electron chi connectivity index (χ0n) is 19.4. The van der Waals surface area contributed by atoms with E-state index < -0.39 is 0 Å². The lowest BCUT2D eigenvalue weighted by Gasteiger charge is -2.22. The number of fused-ring (bicyclic) bond motifs is 3. The second-order valence-corrected chi connectivity index (χ2v) is 10.9. The van der Waals surface area contributed by atoms with Crippen LogP contribution < -0.4 is 0 Å². The number of benzene rings is 1. The van der Waals surface area contributed by atoms with E-state index in [9.17, 15) is 0 Å². The Balaban J connectivity index is 1.20. The van der Waals surface area contributed by atoms with Gasteiger partial charge in [0.2, 0.25) is 0 Å². The number of aromatic amines is 1. The lowest BCUT2D eigenvalue weighted by molar-refractivity contribution is 0.403. The summed E-state index contributed by atoms with van der Waals surface area (Å²) in [6, 6.07) is 6.76. The molecule has 0 amide bonds. The highest BCUT2D eigenvalue weighted by atomic mass is 127. The third-order valence-corrected chi connectivity index (χ3v) is 8.14. The van der Waals surface area contributed by atoms with Crippen molar-refractivity contribution in [3.8, 4) is 0 Å². The average molecular weight is 522 g/mol. The Kier molecular flexibility index (Phi) is 11.1. The largest absolute Gasteiger partial charge is 0.357 e. The molecule has 1 aliphatic carbocycles. The SMILES string of the molecule is CCCCCCCCCCCCCCCCC1CCc2[nH]c3c(I)cccc3c2C1. The van der Waals surface area contributed by atoms with Crippen LogP contribution in [0.15, 0.2) is 18.2 Å². The van der Waals surface area contributed by atoms with Gasteiger partial charge in [-0.15, -0.1) is 0 Å². The molecule has 0 fully saturated rings. The molecule has 2 heteroatoms. The predicted molar refractivity (Wildman–Crippen MR) is 141 cm³/mol. The Hall–Kier alpha value is -0.510. The molecular weight excluding hydrogens is 477 g/mol. The standard InChI is InChI=1S/C28H44IN/c1-2-3-4-5-6-7-8-9-10-11-12-13-14-15-17-23-20-21-27-25(22-23)24-18-16-19-26(29)28(24)30-27/h16,18-19,23,30H,2-15,17,20-22H2,1H3. The van der Waals surface area contributed by atoms with Gasteiger partial charge in [0.05, 0.1) is 5.52 Å². The van der Waals surface area contributed by atoms with Crippen molar-refractivity contribution >= 4 is 33.5 Å². The quantitative estimate of drug-likeness (QED) is 0.177. The van der Waals surface area contributed by atoms with Crippen molar-refractivity contribution in [1.29, 1.82) is 0 Å². The zero-order chi connectivity index (χ0) is 21.0. The molecule has 0 saturated carbocycles. The second-order valence-electron chi connectivity index (χ2n) is 9.74. The van der Waals surface area contributed by atoms with Crippen LogP contribution in [-0.2, 0) is 12.8 Å². The topological polar surface area (TPSA) is 15.8 Å². The Morgan fingerprint density at radius 2 is 1.43 bits per heavy atom. The molecule has 1 aliphatic rings. The molecule has 1 N–H and O–H groups in total.